The molecule has 2 N–H and O–H groups in total. The highest BCUT2D eigenvalue weighted by Gasteiger charge is 2.20. The van der Waals surface area contributed by atoms with E-state index in [1.54, 1.807) is 0 Å². The van der Waals surface area contributed by atoms with Crippen molar-refractivity contribution in [1.82, 2.24) is 5.32 Å². The molecule has 18 heavy (non-hydrogen) atoms. The van der Waals surface area contributed by atoms with Crippen LogP contribution in [-0.2, 0) is 0 Å². The Balaban J connectivity index is 2.14. The highest BCUT2D eigenvalue weighted by molar-refractivity contribution is 6.31. The number of anilines is 1. The van der Waals surface area contributed by atoms with Gasteiger partial charge in [0.2, 0.25) is 0 Å². The highest BCUT2D eigenvalue weighted by Crippen LogP contribution is 2.30. The Labute approximate surface area is 108 Å². The van der Waals surface area contributed by atoms with Crippen LogP contribution in [-0.4, -0.2) is 24.6 Å². The average Bonchev–Trinajstić information content (AvgIpc) is 2.83. The first-order valence-electron chi connectivity index (χ1n) is 5.66. The van der Waals surface area contributed by atoms with Gasteiger partial charge >= 0.3 is 0 Å². The van der Waals surface area contributed by atoms with Crippen LogP contribution in [0.3, 0.4) is 0 Å². The van der Waals surface area contributed by atoms with Gasteiger partial charge in [0.05, 0.1) is 9.95 Å². The largest absolute Gasteiger partial charge is 0.379 e. The van der Waals surface area contributed by atoms with Crippen LogP contribution in [0.2, 0.25) is 5.02 Å². The third kappa shape index (κ3) is 2.88. The topological polar surface area (TPSA) is 67.2 Å². The van der Waals surface area contributed by atoms with E-state index in [2.05, 4.69) is 10.6 Å². The molecular weight excluding hydrogens is 261 g/mol. The van der Waals surface area contributed by atoms with Gasteiger partial charge in [-0.2, -0.15) is 0 Å². The van der Waals surface area contributed by atoms with Crippen LogP contribution in [0.1, 0.15) is 6.42 Å². The second-order valence-corrected chi connectivity index (χ2v) is 4.69. The summed E-state index contributed by atoms with van der Waals surface area (Å²) in [5.74, 6) is -0.252. The summed E-state index contributed by atoms with van der Waals surface area (Å²) < 4.78 is 13.3. The molecule has 1 aromatic rings. The lowest BCUT2D eigenvalue weighted by atomic mass is 10.1. The number of nitrogens with zero attached hydrogens (tertiary/aromatic N) is 1. The molecule has 1 aliphatic rings. The molecule has 1 atom stereocenters. The smallest absolute Gasteiger partial charge is 0.294 e. The molecule has 0 saturated carbocycles. The fourth-order valence-electron chi connectivity index (χ4n) is 1.97. The van der Waals surface area contributed by atoms with Crippen LogP contribution in [0, 0.1) is 21.8 Å². The molecule has 0 aliphatic carbocycles. The molecule has 1 heterocycles. The first kappa shape index (κ1) is 13.0. The summed E-state index contributed by atoms with van der Waals surface area (Å²) in [6.45, 7) is 2.40. The molecule has 1 aromatic carbocycles. The quantitative estimate of drug-likeness (QED) is 0.653. The molecule has 1 fully saturated rings. The van der Waals surface area contributed by atoms with E-state index in [4.69, 9.17) is 11.6 Å². The van der Waals surface area contributed by atoms with E-state index in [1.807, 2.05) is 0 Å². The normalized spacial score (nSPS) is 18.9. The monoisotopic (exact) mass is 273 g/mol. The summed E-state index contributed by atoms with van der Waals surface area (Å²) in [6.07, 6.45) is 1.01. The van der Waals surface area contributed by atoms with E-state index in [-0.39, 0.29) is 16.4 Å². The molecule has 2 rings (SSSR count). The van der Waals surface area contributed by atoms with Crippen molar-refractivity contribution < 1.29 is 9.31 Å². The zero-order chi connectivity index (χ0) is 13.1. The van der Waals surface area contributed by atoms with E-state index in [1.165, 1.54) is 0 Å². The minimum Gasteiger partial charge on any atom is -0.379 e. The Morgan fingerprint density at radius 2 is 2.39 bits per heavy atom. The molecule has 0 bridgehead atoms. The first-order valence-corrected chi connectivity index (χ1v) is 6.03. The van der Waals surface area contributed by atoms with E-state index >= 15 is 0 Å². The molecule has 98 valence electrons. The van der Waals surface area contributed by atoms with Crippen molar-refractivity contribution in [2.45, 2.75) is 6.42 Å². The maximum atomic E-state index is 13.3. The zero-order valence-electron chi connectivity index (χ0n) is 9.58. The van der Waals surface area contributed by atoms with Crippen LogP contribution in [0.15, 0.2) is 12.1 Å². The Bertz CT molecular complexity index is 464. The minimum absolute atomic E-state index is 0.175. The summed E-state index contributed by atoms with van der Waals surface area (Å²) in [5, 5.41) is 16.7. The van der Waals surface area contributed by atoms with Crippen LogP contribution in [0.25, 0.3) is 0 Å². The third-order valence-electron chi connectivity index (χ3n) is 2.98. The lowest BCUT2D eigenvalue weighted by Gasteiger charge is -2.11. The standard InChI is InChI=1S/C11H13ClFN3O2/c12-8-3-11(16(17)18)10(4-9(8)13)15-6-7-1-2-14-5-7/h3-4,7,14-15H,1-2,5-6H2. The van der Waals surface area contributed by atoms with Crippen molar-refractivity contribution in [3.8, 4) is 0 Å². The Kier molecular flexibility index (Phi) is 3.98. The van der Waals surface area contributed by atoms with E-state index < -0.39 is 10.7 Å². The highest BCUT2D eigenvalue weighted by atomic mass is 35.5. The minimum atomic E-state index is -0.658. The van der Waals surface area contributed by atoms with Crippen molar-refractivity contribution in [3.63, 3.8) is 0 Å². The maximum Gasteiger partial charge on any atom is 0.294 e. The van der Waals surface area contributed by atoms with Gasteiger partial charge < -0.3 is 10.6 Å². The van der Waals surface area contributed by atoms with Crippen molar-refractivity contribution in [1.29, 1.82) is 0 Å². The van der Waals surface area contributed by atoms with Gasteiger partial charge in [-0.1, -0.05) is 11.6 Å². The predicted octanol–water partition coefficient (Wildman–Crippen LogP) is 2.41. The van der Waals surface area contributed by atoms with Gasteiger partial charge in [-0.3, -0.25) is 10.1 Å². The SMILES string of the molecule is O=[N+]([O-])c1cc(Cl)c(F)cc1NCC1CCNC1. The lowest BCUT2D eigenvalue weighted by Crippen LogP contribution is -2.17. The summed E-state index contributed by atoms with van der Waals surface area (Å²) in [7, 11) is 0. The number of benzene rings is 1. The van der Waals surface area contributed by atoms with Gasteiger partial charge in [0.15, 0.2) is 0 Å². The molecule has 1 saturated heterocycles. The number of halogens is 2. The molecule has 0 amide bonds. The van der Waals surface area contributed by atoms with Gasteiger partial charge in [-0.05, 0) is 25.4 Å². The fourth-order valence-corrected chi connectivity index (χ4v) is 2.13. The second-order valence-electron chi connectivity index (χ2n) is 4.28. The fraction of sp³-hybridized carbons (Fsp3) is 0.455. The summed E-state index contributed by atoms with van der Waals surface area (Å²) in [6, 6.07) is 2.11. The van der Waals surface area contributed by atoms with Crippen molar-refractivity contribution in [3.05, 3.63) is 33.1 Å². The molecule has 5 nitrogen and oxygen atoms in total. The van der Waals surface area contributed by atoms with Crippen molar-refractivity contribution in [2.24, 2.45) is 5.92 Å². The van der Waals surface area contributed by atoms with E-state index in [0.29, 0.717) is 12.5 Å². The maximum absolute atomic E-state index is 13.3. The van der Waals surface area contributed by atoms with Crippen LogP contribution >= 0.6 is 11.6 Å². The van der Waals surface area contributed by atoms with Gasteiger partial charge in [0.25, 0.3) is 5.69 Å². The van der Waals surface area contributed by atoms with Gasteiger partial charge in [-0.15, -0.1) is 0 Å². The summed E-state index contributed by atoms with van der Waals surface area (Å²) in [4.78, 5) is 10.3. The van der Waals surface area contributed by atoms with Crippen molar-refractivity contribution >= 4 is 23.0 Å². The number of nitro benzene ring substituents is 1. The van der Waals surface area contributed by atoms with Crippen LogP contribution in [0.4, 0.5) is 15.8 Å². The molecule has 1 unspecified atom stereocenters. The molecule has 1 aliphatic heterocycles. The number of rotatable bonds is 4. The molecular formula is C11H13ClFN3O2. The van der Waals surface area contributed by atoms with E-state index in [0.717, 1.165) is 31.6 Å². The van der Waals surface area contributed by atoms with Gasteiger partial charge in [-0.25, -0.2) is 4.39 Å². The summed E-state index contributed by atoms with van der Waals surface area (Å²) >= 11 is 5.54. The summed E-state index contributed by atoms with van der Waals surface area (Å²) in [5.41, 5.74) is -0.0267. The number of nitrogens with one attached hydrogen (secondary N) is 2. The first-order chi connectivity index (χ1) is 8.58. The number of hydrogen-bond acceptors (Lipinski definition) is 4. The average molecular weight is 274 g/mol. The molecule has 0 aromatic heterocycles. The Morgan fingerprint density at radius 3 is 3.00 bits per heavy atom. The zero-order valence-corrected chi connectivity index (χ0v) is 10.3. The Morgan fingerprint density at radius 1 is 1.61 bits per heavy atom. The van der Waals surface area contributed by atoms with Gasteiger partial charge in [0.1, 0.15) is 11.5 Å². The van der Waals surface area contributed by atoms with Crippen molar-refractivity contribution in [2.75, 3.05) is 25.0 Å². The van der Waals surface area contributed by atoms with E-state index in [9.17, 15) is 14.5 Å². The Hall–Kier alpha value is -1.40. The molecule has 0 spiro atoms. The van der Waals surface area contributed by atoms with Gasteiger partial charge in [0, 0.05) is 18.7 Å². The molecule has 0 radical (unpaired) electrons. The predicted molar refractivity (Wildman–Crippen MR) is 67.5 cm³/mol. The number of nitro groups is 1. The number of hydrogen-bond donors (Lipinski definition) is 2. The lowest BCUT2D eigenvalue weighted by molar-refractivity contribution is -0.384. The second kappa shape index (κ2) is 5.49. The van der Waals surface area contributed by atoms with Crippen LogP contribution in [0.5, 0.6) is 0 Å². The van der Waals surface area contributed by atoms with Crippen LogP contribution < -0.4 is 10.6 Å². The molecule has 7 heteroatoms. The third-order valence-corrected chi connectivity index (χ3v) is 3.27.